The van der Waals surface area contributed by atoms with Crippen LogP contribution >= 0.6 is 0 Å². The van der Waals surface area contributed by atoms with Crippen molar-refractivity contribution in [1.29, 1.82) is 5.41 Å². The highest BCUT2D eigenvalue weighted by molar-refractivity contribution is 6.05. The summed E-state index contributed by atoms with van der Waals surface area (Å²) in [4.78, 5) is 12.5. The zero-order valence-electron chi connectivity index (χ0n) is 16.3. The number of aryl methyl sites for hydroxylation is 1. The lowest BCUT2D eigenvalue weighted by Gasteiger charge is -2.41. The molecular formula is C23H24N5O+. The normalized spacial score (nSPS) is 15.6. The molecule has 0 spiro atoms. The van der Waals surface area contributed by atoms with E-state index in [1.165, 1.54) is 0 Å². The summed E-state index contributed by atoms with van der Waals surface area (Å²) in [6.45, 7) is 2.01. The Morgan fingerprint density at radius 3 is 2.17 bits per heavy atom. The first-order valence-corrected chi connectivity index (χ1v) is 9.63. The van der Waals surface area contributed by atoms with Crippen LogP contribution in [-0.4, -0.2) is 26.8 Å². The lowest BCUT2D eigenvalue weighted by Crippen LogP contribution is -2.41. The fraction of sp³-hybridized carbons (Fsp3) is 0.217. The average Bonchev–Trinajstić information content (AvgIpc) is 2.69. The summed E-state index contributed by atoms with van der Waals surface area (Å²) in [6.07, 6.45) is 6.22. The molecule has 5 N–H and O–H groups in total. The molecule has 3 aromatic rings. The van der Waals surface area contributed by atoms with Gasteiger partial charge < -0.3 is 10.8 Å². The van der Waals surface area contributed by atoms with E-state index in [-0.39, 0.29) is 17.7 Å². The predicted molar refractivity (Wildman–Crippen MR) is 116 cm³/mol. The van der Waals surface area contributed by atoms with E-state index >= 15 is 0 Å². The highest BCUT2D eigenvalue weighted by atomic mass is 16.3. The zero-order chi connectivity index (χ0) is 20.4. The molecule has 2 aromatic carbocycles. The first-order valence-electron chi connectivity index (χ1n) is 9.63. The molecule has 1 heterocycles. The molecule has 1 fully saturated rings. The van der Waals surface area contributed by atoms with Gasteiger partial charge in [0.05, 0.1) is 11.0 Å². The Balaban J connectivity index is 1.60. The van der Waals surface area contributed by atoms with Crippen molar-refractivity contribution in [2.45, 2.75) is 31.6 Å². The second kappa shape index (κ2) is 7.47. The summed E-state index contributed by atoms with van der Waals surface area (Å²) in [7, 11) is 0. The smallest absolute Gasteiger partial charge is 0.366 e. The molecule has 29 heavy (non-hydrogen) atoms. The summed E-state index contributed by atoms with van der Waals surface area (Å²) < 4.78 is 0. The number of amidine groups is 1. The van der Waals surface area contributed by atoms with Crippen molar-refractivity contribution in [3.63, 3.8) is 0 Å². The molecule has 0 bridgehead atoms. The fourth-order valence-electron chi connectivity index (χ4n) is 3.66. The lowest BCUT2D eigenvalue weighted by molar-refractivity contribution is 0.336. The van der Waals surface area contributed by atoms with Crippen molar-refractivity contribution in [2.24, 2.45) is 4.99 Å². The molecule has 146 valence electrons. The van der Waals surface area contributed by atoms with Gasteiger partial charge in [-0.25, -0.2) is 9.97 Å². The summed E-state index contributed by atoms with van der Waals surface area (Å²) in [6, 6.07) is 15.8. The number of nitrogens with zero attached hydrogens (tertiary/aromatic N) is 3. The molecule has 4 rings (SSSR count). The van der Waals surface area contributed by atoms with Gasteiger partial charge in [-0.3, -0.25) is 5.41 Å². The van der Waals surface area contributed by atoms with E-state index in [2.05, 4.69) is 15.0 Å². The number of nitrogens with one attached hydrogen (secondary N) is 1. The Morgan fingerprint density at radius 1 is 1.00 bits per heavy atom. The Morgan fingerprint density at radius 2 is 1.62 bits per heavy atom. The average molecular weight is 386 g/mol. The van der Waals surface area contributed by atoms with Crippen LogP contribution in [-0.2, 0) is 5.41 Å². The summed E-state index contributed by atoms with van der Waals surface area (Å²) in [5.74, 6) is 0.652. The second-order valence-electron chi connectivity index (χ2n) is 7.52. The van der Waals surface area contributed by atoms with E-state index in [9.17, 15) is 0 Å². The van der Waals surface area contributed by atoms with Crippen molar-refractivity contribution in [3.8, 4) is 11.1 Å². The van der Waals surface area contributed by atoms with Crippen LogP contribution in [0.2, 0.25) is 0 Å². The number of aromatic nitrogens is 2. The van der Waals surface area contributed by atoms with Gasteiger partial charge in [0.15, 0.2) is 0 Å². The maximum Gasteiger partial charge on any atom is 0.366 e. The van der Waals surface area contributed by atoms with Crippen molar-refractivity contribution in [3.05, 3.63) is 77.6 Å². The molecule has 6 heteroatoms. The highest BCUT2D eigenvalue weighted by Gasteiger charge is 2.43. The van der Waals surface area contributed by atoms with E-state index in [1.807, 2.05) is 55.5 Å². The number of hydrogen-bond donors (Lipinski definition) is 2. The van der Waals surface area contributed by atoms with Crippen molar-refractivity contribution in [1.82, 2.24) is 9.97 Å². The monoisotopic (exact) mass is 386 g/mol. The molecule has 0 atom stereocenters. The minimum Gasteiger partial charge on any atom is -0.578 e. The van der Waals surface area contributed by atoms with E-state index in [0.29, 0.717) is 0 Å². The van der Waals surface area contributed by atoms with Crippen LogP contribution in [0.1, 0.15) is 36.0 Å². The molecule has 1 saturated carbocycles. The quantitative estimate of drug-likeness (QED) is 0.406. The standard InChI is InChI=1S/C23H23N5O/c1-15-3-5-17(6-4-15)20(29)28-21(24)23(11-2-12-23)19-9-7-16(8-10-19)18-13-26-22(25)27-14-18/h3-10,13-14H,2,11-12H2,1H3,(H2,24,28,29)(H2,25,26,27)/p+1. The van der Waals surface area contributed by atoms with Crippen LogP contribution in [0.15, 0.2) is 65.9 Å². The number of aliphatic imine (C=N–C) groups is 1. The fourth-order valence-corrected chi connectivity index (χ4v) is 3.66. The van der Waals surface area contributed by atoms with Crippen molar-refractivity contribution < 1.29 is 5.11 Å². The largest absolute Gasteiger partial charge is 0.578 e. The van der Waals surface area contributed by atoms with E-state index in [4.69, 9.17) is 16.2 Å². The van der Waals surface area contributed by atoms with Gasteiger partial charge in [-0.15, -0.1) is 4.99 Å². The number of rotatable bonds is 4. The molecule has 0 radical (unpaired) electrons. The lowest BCUT2D eigenvalue weighted by atomic mass is 9.63. The van der Waals surface area contributed by atoms with Gasteiger partial charge in [0.1, 0.15) is 5.84 Å². The zero-order valence-corrected chi connectivity index (χ0v) is 16.3. The molecular weight excluding hydrogens is 362 g/mol. The minimum atomic E-state index is -0.410. The molecule has 6 nitrogen and oxygen atoms in total. The molecule has 1 aliphatic carbocycles. The first kappa shape index (κ1) is 18.8. The Kier molecular flexibility index (Phi) is 4.84. The minimum absolute atomic E-state index is 0.136. The van der Waals surface area contributed by atoms with E-state index in [0.717, 1.165) is 47.1 Å². The van der Waals surface area contributed by atoms with Gasteiger partial charge in [-0.1, -0.05) is 48.4 Å². The summed E-state index contributed by atoms with van der Waals surface area (Å²) in [5, 5.41) is 17.0. The van der Waals surface area contributed by atoms with Crippen LogP contribution < -0.4 is 5.73 Å². The third-order valence-electron chi connectivity index (χ3n) is 5.65. The van der Waals surface area contributed by atoms with E-state index in [1.54, 1.807) is 12.4 Å². The van der Waals surface area contributed by atoms with Crippen LogP contribution in [0.25, 0.3) is 11.1 Å². The second-order valence-corrected chi connectivity index (χ2v) is 7.52. The summed E-state index contributed by atoms with van der Waals surface area (Å²) >= 11 is 0. The van der Waals surface area contributed by atoms with Crippen LogP contribution in [0, 0.1) is 12.3 Å². The molecule has 0 amide bonds. The number of hydrogen-bond acceptors (Lipinski definition) is 4. The van der Waals surface area contributed by atoms with Crippen molar-refractivity contribution in [2.75, 3.05) is 5.73 Å². The Labute approximate surface area is 169 Å². The first-order chi connectivity index (χ1) is 14.0. The maximum atomic E-state index is 8.65. The number of nitrogens with two attached hydrogens (primary N) is 1. The van der Waals surface area contributed by atoms with Gasteiger partial charge in [-0.2, -0.15) is 0 Å². The maximum absolute atomic E-state index is 8.65. The van der Waals surface area contributed by atoms with Gasteiger partial charge in [0.2, 0.25) is 5.95 Å². The molecule has 0 unspecified atom stereocenters. The number of nitrogen functional groups attached to an aromatic ring is 1. The number of benzene rings is 2. The number of anilines is 1. The topological polar surface area (TPSA) is 111 Å². The molecule has 1 aromatic heterocycles. The third-order valence-corrected chi connectivity index (χ3v) is 5.65. The molecule has 1 aliphatic rings. The Bertz CT molecular complexity index is 1050. The molecule has 0 saturated heterocycles. The SMILES string of the molecule is Cc1ccc(C([OH2+])=NC(=N)C2(c3ccc(-c4cnc(N)nc4)cc3)CCC2)cc1. The molecule has 0 aliphatic heterocycles. The van der Waals surface area contributed by atoms with Gasteiger partial charge in [0.25, 0.3) is 0 Å². The van der Waals surface area contributed by atoms with Gasteiger partial charge in [-0.05, 0) is 43.0 Å². The highest BCUT2D eigenvalue weighted by Crippen LogP contribution is 2.45. The van der Waals surface area contributed by atoms with Crippen LogP contribution in [0.3, 0.4) is 0 Å². The van der Waals surface area contributed by atoms with Crippen molar-refractivity contribution >= 4 is 17.7 Å². The van der Waals surface area contributed by atoms with Gasteiger partial charge >= 0.3 is 5.90 Å². The van der Waals surface area contributed by atoms with Crippen LogP contribution in [0.5, 0.6) is 0 Å². The third kappa shape index (κ3) is 3.61. The summed E-state index contributed by atoms with van der Waals surface area (Å²) in [5.41, 5.74) is 9.98. The van der Waals surface area contributed by atoms with Gasteiger partial charge in [0, 0.05) is 18.0 Å². The van der Waals surface area contributed by atoms with Crippen LogP contribution in [0.4, 0.5) is 5.95 Å². The predicted octanol–water partition coefficient (Wildman–Crippen LogP) is 3.60. The van der Waals surface area contributed by atoms with E-state index < -0.39 is 5.41 Å². The Hall–Kier alpha value is -3.54.